The molecule has 1 aromatic carbocycles. The van der Waals surface area contributed by atoms with Gasteiger partial charge in [-0.25, -0.2) is 0 Å². The molecule has 0 saturated carbocycles. The number of aromatic amines is 1. The van der Waals surface area contributed by atoms with E-state index in [2.05, 4.69) is 27.0 Å². The van der Waals surface area contributed by atoms with Gasteiger partial charge in [-0.15, -0.1) is 0 Å². The van der Waals surface area contributed by atoms with Crippen molar-refractivity contribution < 1.29 is 28.9 Å². The summed E-state index contributed by atoms with van der Waals surface area (Å²) in [4.78, 5) is 28.7. The molecule has 2 aromatic rings. The maximum absolute atomic E-state index is 13.3. The molecule has 1 aliphatic heterocycles. The van der Waals surface area contributed by atoms with Crippen LogP contribution in [0.25, 0.3) is 10.9 Å². The fraction of sp³-hybridized carbons (Fsp3) is 0.621. The summed E-state index contributed by atoms with van der Waals surface area (Å²) in [7, 11) is 1.62. The summed E-state index contributed by atoms with van der Waals surface area (Å²) in [5, 5.41) is 30.2. The molecule has 220 valence electrons. The normalized spacial score (nSPS) is 18.0. The minimum atomic E-state index is -1.18. The Morgan fingerprint density at radius 3 is 2.73 bits per heavy atom. The maximum Gasteiger partial charge on any atom is 0.238 e. The van der Waals surface area contributed by atoms with Crippen molar-refractivity contribution in [1.82, 2.24) is 20.9 Å². The molecule has 4 atom stereocenters. The van der Waals surface area contributed by atoms with Gasteiger partial charge in [-0.3, -0.25) is 14.9 Å². The number of carbonyl (C=O) groups excluding carboxylic acids is 2. The number of nitriles is 1. The van der Waals surface area contributed by atoms with Crippen molar-refractivity contribution in [2.24, 2.45) is 11.3 Å². The second-order valence-electron chi connectivity index (χ2n) is 11.3. The second-order valence-corrected chi connectivity index (χ2v) is 11.3. The van der Waals surface area contributed by atoms with E-state index in [0.29, 0.717) is 57.3 Å². The van der Waals surface area contributed by atoms with Crippen LogP contribution in [0.1, 0.15) is 58.4 Å². The number of amides is 2. The first-order chi connectivity index (χ1) is 19.1. The Kier molecular flexibility index (Phi) is 11.8. The van der Waals surface area contributed by atoms with Crippen molar-refractivity contribution in [3.63, 3.8) is 0 Å². The van der Waals surface area contributed by atoms with Crippen molar-refractivity contribution in [3.05, 3.63) is 30.0 Å². The van der Waals surface area contributed by atoms with Gasteiger partial charge in [-0.05, 0) is 49.3 Å². The molecule has 2 unspecified atom stereocenters. The number of hydrogen-bond acceptors (Lipinski definition) is 8. The molecular weight excluding hydrogens is 514 g/mol. The van der Waals surface area contributed by atoms with Gasteiger partial charge in [0.05, 0.1) is 37.6 Å². The highest BCUT2D eigenvalue weighted by Gasteiger charge is 2.31. The summed E-state index contributed by atoms with van der Waals surface area (Å²) in [6.07, 6.45) is 1.02. The molecule has 1 saturated heterocycles. The number of methoxy groups -OCH3 is 1. The Balaban J connectivity index is 1.67. The largest absolute Gasteiger partial charge is 0.490 e. The van der Waals surface area contributed by atoms with E-state index < -0.39 is 24.2 Å². The van der Waals surface area contributed by atoms with E-state index in [0.717, 1.165) is 17.3 Å². The van der Waals surface area contributed by atoms with Gasteiger partial charge in [0.2, 0.25) is 11.8 Å². The number of aliphatic hydroxyl groups excluding tert-OH is 1. The number of nitrogens with one attached hydrogen (secondary N) is 4. The topological polar surface area (TPSA) is 158 Å². The van der Waals surface area contributed by atoms with E-state index in [1.165, 1.54) is 0 Å². The number of ether oxygens (including phenoxy) is 3. The molecule has 0 bridgehead atoms. The van der Waals surface area contributed by atoms with Crippen LogP contribution in [-0.2, 0) is 19.1 Å². The molecule has 40 heavy (non-hydrogen) atoms. The van der Waals surface area contributed by atoms with Gasteiger partial charge >= 0.3 is 0 Å². The molecule has 11 heteroatoms. The highest BCUT2D eigenvalue weighted by Crippen LogP contribution is 2.29. The summed E-state index contributed by atoms with van der Waals surface area (Å²) < 4.78 is 16.3. The lowest BCUT2D eigenvalue weighted by molar-refractivity contribution is -0.128. The maximum atomic E-state index is 13.3. The van der Waals surface area contributed by atoms with Gasteiger partial charge < -0.3 is 34.9 Å². The van der Waals surface area contributed by atoms with Crippen LogP contribution < -0.4 is 20.7 Å². The van der Waals surface area contributed by atoms with Crippen LogP contribution in [0.4, 0.5) is 0 Å². The standard InChI is InChI=1S/C29H43N5O6/c1-29(2,3)17-24(28(37)32-20(18-30)15-19-7-6-10-31-26(19)35)34-27(36)23-16-21-22(33-23)8-5-9-25(21)40-14-13-39-12-11-38-4/h5,8-9,16,19-20,24,27,33-34,36H,6-7,10-15,17H2,1-4H3,(H,31,35)(H,32,37)/t19?,20-,24-,27?/m0/s1. The third kappa shape index (κ3) is 9.48. The quantitative estimate of drug-likeness (QED) is 0.165. The van der Waals surface area contributed by atoms with Crippen LogP contribution in [0.2, 0.25) is 0 Å². The average Bonchev–Trinajstić information content (AvgIpc) is 3.36. The van der Waals surface area contributed by atoms with Crippen molar-refractivity contribution in [1.29, 1.82) is 5.26 Å². The first-order valence-corrected chi connectivity index (χ1v) is 13.8. The van der Waals surface area contributed by atoms with Gasteiger partial charge in [-0.1, -0.05) is 26.8 Å². The number of piperidine rings is 1. The third-order valence-corrected chi connectivity index (χ3v) is 6.74. The van der Waals surface area contributed by atoms with E-state index in [-0.39, 0.29) is 23.7 Å². The lowest BCUT2D eigenvalue weighted by Gasteiger charge is -2.29. The number of rotatable bonds is 15. The molecule has 1 aliphatic rings. The molecule has 0 radical (unpaired) electrons. The minimum absolute atomic E-state index is 0.0821. The highest BCUT2D eigenvalue weighted by atomic mass is 16.5. The molecule has 2 heterocycles. The Morgan fingerprint density at radius 1 is 1.25 bits per heavy atom. The average molecular weight is 558 g/mol. The van der Waals surface area contributed by atoms with E-state index in [1.807, 2.05) is 39.0 Å². The number of hydrogen-bond donors (Lipinski definition) is 5. The summed E-state index contributed by atoms with van der Waals surface area (Å²) >= 11 is 0. The molecular formula is C29H43N5O6. The number of fused-ring (bicyclic) bond motifs is 1. The van der Waals surface area contributed by atoms with Gasteiger partial charge in [0.15, 0.2) is 0 Å². The molecule has 2 amide bonds. The lowest BCUT2D eigenvalue weighted by atomic mass is 9.87. The Morgan fingerprint density at radius 2 is 2.02 bits per heavy atom. The predicted octanol–water partition coefficient (Wildman–Crippen LogP) is 2.52. The first-order valence-electron chi connectivity index (χ1n) is 13.8. The van der Waals surface area contributed by atoms with Crippen molar-refractivity contribution in [2.75, 3.05) is 40.1 Å². The Bertz CT molecular complexity index is 1150. The molecule has 11 nitrogen and oxygen atoms in total. The highest BCUT2D eigenvalue weighted by molar-refractivity contribution is 5.87. The first kappa shape index (κ1) is 31.4. The zero-order valence-electron chi connectivity index (χ0n) is 23.9. The summed E-state index contributed by atoms with van der Waals surface area (Å²) in [5.74, 6) is -0.139. The number of aromatic nitrogens is 1. The smallest absolute Gasteiger partial charge is 0.238 e. The van der Waals surface area contributed by atoms with Gasteiger partial charge in [0, 0.05) is 30.5 Å². The summed E-state index contributed by atoms with van der Waals surface area (Å²) in [5.41, 5.74) is 1.01. The van der Waals surface area contributed by atoms with Gasteiger partial charge in [0.25, 0.3) is 0 Å². The Hall–Kier alpha value is -3.17. The molecule has 5 N–H and O–H groups in total. The predicted molar refractivity (Wildman–Crippen MR) is 150 cm³/mol. The Labute approximate surface area is 235 Å². The number of H-pyrrole nitrogens is 1. The van der Waals surface area contributed by atoms with Crippen LogP contribution in [0.5, 0.6) is 5.75 Å². The van der Waals surface area contributed by atoms with E-state index in [9.17, 15) is 20.0 Å². The second kappa shape index (κ2) is 15.0. The van der Waals surface area contributed by atoms with E-state index >= 15 is 0 Å². The van der Waals surface area contributed by atoms with Crippen LogP contribution in [0.3, 0.4) is 0 Å². The fourth-order valence-corrected chi connectivity index (χ4v) is 4.76. The third-order valence-electron chi connectivity index (χ3n) is 6.74. The van der Waals surface area contributed by atoms with Gasteiger partial charge in [0.1, 0.15) is 24.6 Å². The number of nitrogens with zero attached hydrogens (tertiary/aromatic N) is 1. The summed E-state index contributed by atoms with van der Waals surface area (Å²) in [6.45, 7) is 8.43. The van der Waals surface area contributed by atoms with Crippen molar-refractivity contribution >= 4 is 22.7 Å². The van der Waals surface area contributed by atoms with Crippen molar-refractivity contribution in [2.45, 2.75) is 64.8 Å². The van der Waals surface area contributed by atoms with Crippen LogP contribution in [-0.4, -0.2) is 74.1 Å². The van der Waals surface area contributed by atoms with Crippen LogP contribution in [0.15, 0.2) is 24.3 Å². The number of aliphatic hydroxyl groups is 1. The lowest BCUT2D eigenvalue weighted by Crippen LogP contribution is -2.51. The van der Waals surface area contributed by atoms with E-state index in [1.54, 1.807) is 13.2 Å². The molecule has 3 rings (SSSR count). The fourth-order valence-electron chi connectivity index (χ4n) is 4.76. The van der Waals surface area contributed by atoms with Gasteiger partial charge in [-0.2, -0.15) is 5.26 Å². The van der Waals surface area contributed by atoms with Crippen molar-refractivity contribution in [3.8, 4) is 11.8 Å². The molecule has 1 fully saturated rings. The SMILES string of the molecule is COCCOCCOc1cccc2[nH]c(C(O)N[C@@H](CC(C)(C)C)C(=O)N[C@H](C#N)CC3CCCNC3=O)cc12. The number of benzene rings is 1. The van der Waals surface area contributed by atoms with Crippen LogP contribution in [0, 0.1) is 22.7 Å². The molecule has 0 aliphatic carbocycles. The minimum Gasteiger partial charge on any atom is -0.490 e. The molecule has 1 aromatic heterocycles. The zero-order valence-corrected chi connectivity index (χ0v) is 23.9. The number of carbonyl (C=O) groups is 2. The van der Waals surface area contributed by atoms with E-state index in [4.69, 9.17) is 14.2 Å². The van der Waals surface area contributed by atoms with Crippen LogP contribution >= 0.6 is 0 Å². The summed E-state index contributed by atoms with van der Waals surface area (Å²) in [6, 6.07) is 7.90. The zero-order chi connectivity index (χ0) is 29.1. The molecule has 0 spiro atoms. The monoisotopic (exact) mass is 557 g/mol.